The van der Waals surface area contributed by atoms with Crippen molar-refractivity contribution in [3.8, 4) is 5.75 Å². The largest absolute Gasteiger partial charge is 0.487 e. The van der Waals surface area contributed by atoms with Gasteiger partial charge >= 0.3 is 0 Å². The Balaban J connectivity index is 1.87. The number of fused-ring (bicyclic) bond motifs is 1. The maximum absolute atomic E-state index is 11.9. The third-order valence-corrected chi connectivity index (χ3v) is 4.91. The summed E-state index contributed by atoms with van der Waals surface area (Å²) < 4.78 is 6.40. The van der Waals surface area contributed by atoms with E-state index >= 15 is 0 Å². The Labute approximate surface area is 126 Å². The van der Waals surface area contributed by atoms with Crippen molar-refractivity contribution in [1.29, 1.82) is 0 Å². The van der Waals surface area contributed by atoms with E-state index in [4.69, 9.17) is 4.74 Å². The first-order valence-electron chi connectivity index (χ1n) is 7.79. The Morgan fingerprint density at radius 2 is 2.10 bits per heavy atom. The van der Waals surface area contributed by atoms with Crippen LogP contribution >= 0.6 is 0 Å². The summed E-state index contributed by atoms with van der Waals surface area (Å²) in [5, 5.41) is 2.75. The average Bonchev–Trinajstić information content (AvgIpc) is 2.50. The van der Waals surface area contributed by atoms with Crippen LogP contribution in [-0.4, -0.2) is 43.6 Å². The maximum Gasteiger partial charge on any atom is 0.220 e. The highest BCUT2D eigenvalue weighted by Gasteiger charge is 2.42. The molecule has 1 N–H and O–H groups in total. The van der Waals surface area contributed by atoms with E-state index in [-0.39, 0.29) is 17.4 Å². The lowest BCUT2D eigenvalue weighted by Crippen LogP contribution is -2.49. The molecule has 2 aliphatic heterocycles. The molecule has 0 aromatic heterocycles. The second-order valence-corrected chi connectivity index (χ2v) is 6.40. The van der Waals surface area contributed by atoms with E-state index in [0.29, 0.717) is 6.42 Å². The number of rotatable bonds is 2. The van der Waals surface area contributed by atoms with Crippen LogP contribution in [0, 0.1) is 0 Å². The lowest BCUT2D eigenvalue weighted by atomic mass is 9.76. The molecule has 1 amide bonds. The Hall–Kier alpha value is -1.55. The van der Waals surface area contributed by atoms with E-state index in [1.165, 1.54) is 5.56 Å². The number of nitrogens with one attached hydrogen (secondary N) is 1. The second kappa shape index (κ2) is 5.68. The standard InChI is InChI=1S/C17H24N2O2/c1-18-16(20)11-13-12-17(7-9-19(2)10-8-17)21-15-6-4-3-5-14(13)15/h3-6,13H,7-12H2,1-2H3,(H,18,20)/t13-/m1/s1. The van der Waals surface area contributed by atoms with Crippen molar-refractivity contribution in [2.45, 2.75) is 37.2 Å². The highest BCUT2D eigenvalue weighted by atomic mass is 16.5. The van der Waals surface area contributed by atoms with E-state index in [2.05, 4.69) is 23.3 Å². The van der Waals surface area contributed by atoms with Crippen molar-refractivity contribution in [2.24, 2.45) is 0 Å². The molecular weight excluding hydrogens is 264 g/mol. The summed E-state index contributed by atoms with van der Waals surface area (Å²) in [6, 6.07) is 8.20. The first-order valence-corrected chi connectivity index (χ1v) is 7.79. The lowest BCUT2D eigenvalue weighted by molar-refractivity contribution is -0.121. The van der Waals surface area contributed by atoms with Crippen LogP contribution in [0.3, 0.4) is 0 Å². The van der Waals surface area contributed by atoms with Gasteiger partial charge in [-0.2, -0.15) is 0 Å². The third kappa shape index (κ3) is 2.91. The predicted molar refractivity (Wildman–Crippen MR) is 82.6 cm³/mol. The van der Waals surface area contributed by atoms with Crippen molar-refractivity contribution in [3.05, 3.63) is 29.8 Å². The summed E-state index contributed by atoms with van der Waals surface area (Å²) in [5.41, 5.74) is 1.10. The Bertz CT molecular complexity index is 521. The zero-order valence-electron chi connectivity index (χ0n) is 12.9. The number of likely N-dealkylation sites (tertiary alicyclic amines) is 1. The second-order valence-electron chi connectivity index (χ2n) is 6.40. The summed E-state index contributed by atoms with van der Waals surface area (Å²) in [7, 11) is 3.87. The summed E-state index contributed by atoms with van der Waals surface area (Å²) in [4.78, 5) is 14.2. The van der Waals surface area contributed by atoms with E-state index in [1.54, 1.807) is 7.05 Å². The Morgan fingerprint density at radius 3 is 2.81 bits per heavy atom. The van der Waals surface area contributed by atoms with Gasteiger partial charge in [0.2, 0.25) is 5.91 Å². The van der Waals surface area contributed by atoms with Crippen LogP contribution in [0.1, 0.15) is 37.2 Å². The van der Waals surface area contributed by atoms with Gasteiger partial charge in [-0.3, -0.25) is 4.79 Å². The van der Waals surface area contributed by atoms with Gasteiger partial charge < -0.3 is 15.0 Å². The monoisotopic (exact) mass is 288 g/mol. The highest BCUT2D eigenvalue weighted by Crippen LogP contribution is 2.46. The quantitative estimate of drug-likeness (QED) is 0.906. The number of amides is 1. The fourth-order valence-corrected chi connectivity index (χ4v) is 3.58. The molecule has 3 rings (SSSR count). The summed E-state index contributed by atoms with van der Waals surface area (Å²) >= 11 is 0. The molecule has 4 nitrogen and oxygen atoms in total. The smallest absolute Gasteiger partial charge is 0.220 e. The maximum atomic E-state index is 11.9. The van der Waals surface area contributed by atoms with Gasteiger partial charge in [-0.25, -0.2) is 0 Å². The molecule has 1 aromatic rings. The van der Waals surface area contributed by atoms with E-state index in [1.807, 2.05) is 18.2 Å². The highest BCUT2D eigenvalue weighted by molar-refractivity contribution is 5.76. The number of hydrogen-bond donors (Lipinski definition) is 1. The van der Waals surface area contributed by atoms with E-state index in [9.17, 15) is 4.79 Å². The molecule has 21 heavy (non-hydrogen) atoms. The molecule has 0 unspecified atom stereocenters. The van der Waals surface area contributed by atoms with Crippen LogP contribution in [-0.2, 0) is 4.79 Å². The molecule has 1 atom stereocenters. The molecular formula is C17H24N2O2. The molecule has 0 aliphatic carbocycles. The molecule has 0 bridgehead atoms. The molecule has 114 valence electrons. The summed E-state index contributed by atoms with van der Waals surface area (Å²) in [5.74, 6) is 1.35. The van der Waals surface area contributed by atoms with Crippen LogP contribution in [0.4, 0.5) is 0 Å². The normalized spacial score (nSPS) is 24.2. The average molecular weight is 288 g/mol. The lowest BCUT2D eigenvalue weighted by Gasteiger charge is -2.46. The van der Waals surface area contributed by atoms with E-state index in [0.717, 1.165) is 38.1 Å². The minimum absolute atomic E-state index is 0.0838. The minimum Gasteiger partial charge on any atom is -0.487 e. The molecule has 2 aliphatic rings. The summed E-state index contributed by atoms with van der Waals surface area (Å²) in [6.45, 7) is 2.13. The SMILES string of the molecule is CNC(=O)C[C@@H]1CC2(CCN(C)CC2)Oc2ccccc21. The van der Waals surface area contributed by atoms with Crippen LogP contribution in [0.5, 0.6) is 5.75 Å². The number of carbonyl (C=O) groups is 1. The van der Waals surface area contributed by atoms with Crippen molar-refractivity contribution in [1.82, 2.24) is 10.2 Å². The van der Waals surface area contributed by atoms with Gasteiger partial charge in [0, 0.05) is 32.5 Å². The number of hydrogen-bond acceptors (Lipinski definition) is 3. The minimum atomic E-state index is -0.0838. The van der Waals surface area contributed by atoms with Crippen molar-refractivity contribution >= 4 is 5.91 Å². The van der Waals surface area contributed by atoms with Gasteiger partial charge in [0.05, 0.1) is 0 Å². The number of benzene rings is 1. The molecule has 1 saturated heterocycles. The third-order valence-electron chi connectivity index (χ3n) is 4.91. The van der Waals surface area contributed by atoms with Gasteiger partial charge in [-0.1, -0.05) is 18.2 Å². The fourth-order valence-electron chi connectivity index (χ4n) is 3.58. The number of nitrogens with zero attached hydrogens (tertiary/aromatic N) is 1. The molecule has 0 radical (unpaired) electrons. The molecule has 0 saturated carbocycles. The Kier molecular flexibility index (Phi) is 3.89. The zero-order valence-corrected chi connectivity index (χ0v) is 12.9. The first-order chi connectivity index (χ1) is 10.1. The topological polar surface area (TPSA) is 41.6 Å². The van der Waals surface area contributed by atoms with Gasteiger partial charge in [0.15, 0.2) is 0 Å². The van der Waals surface area contributed by atoms with Crippen molar-refractivity contribution in [2.75, 3.05) is 27.2 Å². The number of para-hydroxylation sites is 1. The van der Waals surface area contributed by atoms with Gasteiger partial charge in [0.25, 0.3) is 0 Å². The molecule has 2 heterocycles. The van der Waals surface area contributed by atoms with Crippen molar-refractivity contribution in [3.63, 3.8) is 0 Å². The van der Waals surface area contributed by atoms with Gasteiger partial charge in [-0.15, -0.1) is 0 Å². The molecule has 4 heteroatoms. The van der Waals surface area contributed by atoms with Crippen LogP contribution in [0.15, 0.2) is 24.3 Å². The fraction of sp³-hybridized carbons (Fsp3) is 0.588. The Morgan fingerprint density at radius 1 is 1.38 bits per heavy atom. The van der Waals surface area contributed by atoms with Crippen molar-refractivity contribution < 1.29 is 9.53 Å². The molecule has 1 spiro atoms. The predicted octanol–water partition coefficient (Wildman–Crippen LogP) is 2.15. The van der Waals surface area contributed by atoms with Crippen LogP contribution in [0.2, 0.25) is 0 Å². The van der Waals surface area contributed by atoms with E-state index < -0.39 is 0 Å². The molecule has 1 fully saturated rings. The number of piperidine rings is 1. The zero-order chi connectivity index (χ0) is 14.9. The summed E-state index contributed by atoms with van der Waals surface area (Å²) in [6.07, 6.45) is 3.59. The number of carbonyl (C=O) groups excluding carboxylic acids is 1. The van der Waals surface area contributed by atoms with Gasteiger partial charge in [0.1, 0.15) is 11.4 Å². The number of ether oxygens (including phenoxy) is 1. The van der Waals surface area contributed by atoms with Gasteiger partial charge in [-0.05, 0) is 37.9 Å². The first kappa shape index (κ1) is 14.4. The van der Waals surface area contributed by atoms with Crippen LogP contribution in [0.25, 0.3) is 0 Å². The van der Waals surface area contributed by atoms with Crippen LogP contribution < -0.4 is 10.1 Å². The molecule has 1 aromatic carbocycles.